The molecule has 0 bridgehead atoms. The maximum absolute atomic E-state index is 12.0. The molecule has 30 heavy (non-hydrogen) atoms. The van der Waals surface area contributed by atoms with Gasteiger partial charge in [-0.1, -0.05) is 36.8 Å². The van der Waals surface area contributed by atoms with Crippen molar-refractivity contribution in [1.29, 1.82) is 0 Å². The van der Waals surface area contributed by atoms with Gasteiger partial charge >= 0.3 is 0 Å². The van der Waals surface area contributed by atoms with Gasteiger partial charge in [-0.3, -0.25) is 4.79 Å². The summed E-state index contributed by atoms with van der Waals surface area (Å²) in [5.41, 5.74) is 2.70. The fraction of sp³-hybridized carbons (Fsp3) is 0.391. The largest absolute Gasteiger partial charge is 0.385 e. The van der Waals surface area contributed by atoms with Gasteiger partial charge in [0.15, 0.2) is 0 Å². The number of ether oxygens (including phenoxy) is 1. The second kappa shape index (κ2) is 11.1. The SMILES string of the molecule is Cl.O=c1[nH]nc(-c2cccc(NCCCCCNC3CCOC3)c2)c2ccccc12. The molecular weight excluding hydrogens is 400 g/mol. The lowest BCUT2D eigenvalue weighted by atomic mass is 10.0. The monoisotopic (exact) mass is 428 g/mol. The summed E-state index contributed by atoms with van der Waals surface area (Å²) in [6, 6.07) is 16.3. The molecule has 160 valence electrons. The molecule has 7 heteroatoms. The smallest absolute Gasteiger partial charge is 0.272 e. The molecule has 1 fully saturated rings. The number of nitrogens with one attached hydrogen (secondary N) is 3. The molecule has 1 aliphatic rings. The van der Waals surface area contributed by atoms with Gasteiger partial charge in [0.25, 0.3) is 5.56 Å². The fourth-order valence-electron chi connectivity index (χ4n) is 3.77. The number of halogens is 1. The predicted octanol–water partition coefficient (Wildman–Crippen LogP) is 3.97. The van der Waals surface area contributed by atoms with Crippen LogP contribution in [0.3, 0.4) is 0 Å². The number of benzene rings is 2. The summed E-state index contributed by atoms with van der Waals surface area (Å²) in [6.07, 6.45) is 4.65. The Bertz CT molecular complexity index is 1000. The maximum Gasteiger partial charge on any atom is 0.272 e. The van der Waals surface area contributed by atoms with Crippen LogP contribution in [-0.2, 0) is 4.74 Å². The van der Waals surface area contributed by atoms with Crippen LogP contribution in [0, 0.1) is 0 Å². The fourth-order valence-corrected chi connectivity index (χ4v) is 3.77. The number of anilines is 1. The molecule has 1 unspecified atom stereocenters. The molecule has 0 radical (unpaired) electrons. The molecule has 6 nitrogen and oxygen atoms in total. The topological polar surface area (TPSA) is 79.0 Å². The molecule has 0 amide bonds. The average molecular weight is 429 g/mol. The Hall–Kier alpha value is -2.41. The van der Waals surface area contributed by atoms with Crippen molar-refractivity contribution >= 4 is 28.9 Å². The van der Waals surface area contributed by atoms with Crippen molar-refractivity contribution in [3.05, 3.63) is 58.9 Å². The van der Waals surface area contributed by atoms with Crippen LogP contribution in [-0.4, -0.2) is 42.5 Å². The second-order valence-electron chi connectivity index (χ2n) is 7.53. The van der Waals surface area contributed by atoms with Gasteiger partial charge < -0.3 is 15.4 Å². The van der Waals surface area contributed by atoms with Gasteiger partial charge in [0, 0.05) is 35.8 Å². The van der Waals surface area contributed by atoms with Gasteiger partial charge in [-0.25, -0.2) is 5.10 Å². The van der Waals surface area contributed by atoms with Crippen LogP contribution in [0.1, 0.15) is 25.7 Å². The van der Waals surface area contributed by atoms with Crippen molar-refractivity contribution in [2.45, 2.75) is 31.7 Å². The highest BCUT2D eigenvalue weighted by molar-refractivity contribution is 5.94. The zero-order chi connectivity index (χ0) is 19.9. The lowest BCUT2D eigenvalue weighted by molar-refractivity contribution is 0.190. The molecule has 1 aromatic heterocycles. The zero-order valence-corrected chi connectivity index (χ0v) is 17.8. The van der Waals surface area contributed by atoms with Crippen LogP contribution < -0.4 is 16.2 Å². The summed E-state index contributed by atoms with van der Waals surface area (Å²) < 4.78 is 5.38. The molecule has 0 spiro atoms. The standard InChI is InChI=1S/C23H28N4O2.ClH/c28-23-21-10-3-2-9-20(21)22(26-27-23)17-7-6-8-18(15-17)24-12-4-1-5-13-25-19-11-14-29-16-19;/h2-3,6-10,15,19,24-25H,1,4-5,11-14,16H2,(H,27,28);1H. The van der Waals surface area contributed by atoms with Crippen molar-refractivity contribution in [3.8, 4) is 11.3 Å². The highest BCUT2D eigenvalue weighted by Crippen LogP contribution is 2.26. The minimum absolute atomic E-state index is 0. The van der Waals surface area contributed by atoms with Crippen LogP contribution in [0.2, 0.25) is 0 Å². The first kappa shape index (κ1) is 22.3. The van der Waals surface area contributed by atoms with E-state index in [9.17, 15) is 4.79 Å². The van der Waals surface area contributed by atoms with E-state index in [-0.39, 0.29) is 18.0 Å². The number of aromatic amines is 1. The third kappa shape index (κ3) is 5.59. The van der Waals surface area contributed by atoms with Crippen molar-refractivity contribution in [1.82, 2.24) is 15.5 Å². The molecular formula is C23H29ClN4O2. The van der Waals surface area contributed by atoms with Crippen molar-refractivity contribution in [3.63, 3.8) is 0 Å². The highest BCUT2D eigenvalue weighted by Gasteiger charge is 2.13. The third-order valence-electron chi connectivity index (χ3n) is 5.38. The molecule has 3 aromatic rings. The number of fused-ring (bicyclic) bond motifs is 1. The van der Waals surface area contributed by atoms with Crippen molar-refractivity contribution < 1.29 is 4.74 Å². The Morgan fingerprint density at radius 2 is 1.87 bits per heavy atom. The van der Waals surface area contributed by atoms with Crippen molar-refractivity contribution in [2.24, 2.45) is 0 Å². The number of unbranched alkanes of at least 4 members (excludes halogenated alkanes) is 2. The van der Waals surface area contributed by atoms with Crippen molar-refractivity contribution in [2.75, 3.05) is 31.6 Å². The van der Waals surface area contributed by atoms with E-state index in [0.29, 0.717) is 11.4 Å². The first-order chi connectivity index (χ1) is 14.3. The second-order valence-corrected chi connectivity index (χ2v) is 7.53. The summed E-state index contributed by atoms with van der Waals surface area (Å²) in [5.74, 6) is 0. The molecule has 1 aliphatic heterocycles. The van der Waals surface area contributed by atoms with Crippen LogP contribution in [0.5, 0.6) is 0 Å². The lowest BCUT2D eigenvalue weighted by Crippen LogP contribution is -2.29. The van der Waals surface area contributed by atoms with E-state index < -0.39 is 0 Å². The Morgan fingerprint density at radius 3 is 2.70 bits per heavy atom. The summed E-state index contributed by atoms with van der Waals surface area (Å²) >= 11 is 0. The number of hydrogen-bond donors (Lipinski definition) is 3. The van der Waals surface area contributed by atoms with E-state index in [1.807, 2.05) is 36.4 Å². The summed E-state index contributed by atoms with van der Waals surface area (Å²) in [5, 5.41) is 15.5. The Balaban J connectivity index is 0.00000256. The maximum atomic E-state index is 12.0. The Kier molecular flexibility index (Phi) is 8.25. The molecule has 1 atom stereocenters. The predicted molar refractivity (Wildman–Crippen MR) is 125 cm³/mol. The average Bonchev–Trinajstić information content (AvgIpc) is 3.27. The lowest BCUT2D eigenvalue weighted by Gasteiger charge is -2.11. The highest BCUT2D eigenvalue weighted by atomic mass is 35.5. The van der Waals surface area contributed by atoms with E-state index in [1.165, 1.54) is 12.8 Å². The summed E-state index contributed by atoms with van der Waals surface area (Å²) in [7, 11) is 0. The number of aromatic nitrogens is 2. The van der Waals surface area contributed by atoms with Crippen LogP contribution in [0.4, 0.5) is 5.69 Å². The van der Waals surface area contributed by atoms with Gasteiger partial charge in [0.05, 0.1) is 17.7 Å². The van der Waals surface area contributed by atoms with E-state index in [4.69, 9.17) is 4.74 Å². The normalized spacial score (nSPS) is 15.8. The van der Waals surface area contributed by atoms with E-state index in [2.05, 4.69) is 33.0 Å². The van der Waals surface area contributed by atoms with Gasteiger partial charge in [0.1, 0.15) is 0 Å². The number of H-pyrrole nitrogens is 1. The number of nitrogens with zero attached hydrogens (tertiary/aromatic N) is 1. The number of hydrogen-bond acceptors (Lipinski definition) is 5. The summed E-state index contributed by atoms with van der Waals surface area (Å²) in [4.78, 5) is 12.0. The van der Waals surface area contributed by atoms with Gasteiger partial charge in [-0.2, -0.15) is 5.10 Å². The van der Waals surface area contributed by atoms with Crippen LogP contribution in [0.25, 0.3) is 22.0 Å². The van der Waals surface area contributed by atoms with Crippen LogP contribution in [0.15, 0.2) is 53.3 Å². The van der Waals surface area contributed by atoms with Crippen LogP contribution >= 0.6 is 12.4 Å². The summed E-state index contributed by atoms with van der Waals surface area (Å²) in [6.45, 7) is 3.76. The van der Waals surface area contributed by atoms with E-state index >= 15 is 0 Å². The Morgan fingerprint density at radius 1 is 1.03 bits per heavy atom. The molecule has 3 N–H and O–H groups in total. The Labute approximate surface area is 182 Å². The molecule has 1 saturated heterocycles. The molecule has 4 rings (SSSR count). The molecule has 0 saturated carbocycles. The molecule has 2 heterocycles. The minimum Gasteiger partial charge on any atom is -0.385 e. The first-order valence-corrected chi connectivity index (χ1v) is 10.4. The quantitative estimate of drug-likeness (QED) is 0.449. The van der Waals surface area contributed by atoms with E-state index in [1.54, 1.807) is 0 Å². The molecule has 2 aromatic carbocycles. The first-order valence-electron chi connectivity index (χ1n) is 10.4. The van der Waals surface area contributed by atoms with E-state index in [0.717, 1.165) is 61.5 Å². The number of rotatable bonds is 9. The molecule has 0 aliphatic carbocycles. The minimum atomic E-state index is -0.159. The zero-order valence-electron chi connectivity index (χ0n) is 17.0. The van der Waals surface area contributed by atoms with Gasteiger partial charge in [-0.05, 0) is 44.0 Å². The van der Waals surface area contributed by atoms with Gasteiger partial charge in [0.2, 0.25) is 0 Å². The van der Waals surface area contributed by atoms with Gasteiger partial charge in [-0.15, -0.1) is 12.4 Å². The third-order valence-corrected chi connectivity index (χ3v) is 5.38.